The average molecular weight is 280 g/mol. The zero-order chi connectivity index (χ0) is 13.7. The molecule has 0 saturated carbocycles. The van der Waals surface area contributed by atoms with Crippen LogP contribution in [0.3, 0.4) is 0 Å². The van der Waals surface area contributed by atoms with Crippen molar-refractivity contribution in [3.8, 4) is 5.75 Å². The van der Waals surface area contributed by atoms with Gasteiger partial charge in [-0.2, -0.15) is 0 Å². The number of benzene rings is 1. The van der Waals surface area contributed by atoms with Crippen LogP contribution in [0, 0.1) is 0 Å². The molecule has 5 heteroatoms. The third-order valence-corrected chi connectivity index (χ3v) is 3.47. The van der Waals surface area contributed by atoms with E-state index in [1.807, 2.05) is 36.1 Å². The summed E-state index contributed by atoms with van der Waals surface area (Å²) < 4.78 is 5.56. The van der Waals surface area contributed by atoms with Gasteiger partial charge in [-0.15, -0.1) is 0 Å². The predicted molar refractivity (Wildman–Crippen MR) is 80.6 cm³/mol. The summed E-state index contributed by atoms with van der Waals surface area (Å²) in [6, 6.07) is 7.74. The highest BCUT2D eigenvalue weighted by Crippen LogP contribution is 2.24. The molecule has 0 aliphatic carbocycles. The van der Waals surface area contributed by atoms with Crippen LogP contribution in [0.25, 0.3) is 0 Å². The Bertz CT molecular complexity index is 439. The number of rotatable bonds is 3. The zero-order valence-corrected chi connectivity index (χ0v) is 11.9. The van der Waals surface area contributed by atoms with Gasteiger partial charge in [-0.3, -0.25) is 0 Å². The Kier molecular flexibility index (Phi) is 4.99. The molecule has 1 unspecified atom stereocenters. The second-order valence-corrected chi connectivity index (χ2v) is 4.99. The topological polar surface area (TPSA) is 44.7 Å². The number of thiocarbonyl (C=S) groups is 1. The van der Waals surface area contributed by atoms with E-state index < -0.39 is 0 Å². The number of aliphatic hydroxyl groups excluding tert-OH is 1. The molecule has 1 fully saturated rings. The lowest BCUT2D eigenvalue weighted by atomic mass is 10.1. The van der Waals surface area contributed by atoms with E-state index in [0.29, 0.717) is 18.3 Å². The predicted octanol–water partition coefficient (Wildman–Crippen LogP) is 2.24. The molecule has 104 valence electrons. The molecule has 1 aromatic rings. The summed E-state index contributed by atoms with van der Waals surface area (Å²) in [5.41, 5.74) is 0.870. The molecule has 19 heavy (non-hydrogen) atoms. The van der Waals surface area contributed by atoms with Gasteiger partial charge < -0.3 is 20.1 Å². The second-order valence-electron chi connectivity index (χ2n) is 4.60. The van der Waals surface area contributed by atoms with Crippen molar-refractivity contribution in [3.05, 3.63) is 24.3 Å². The van der Waals surface area contributed by atoms with Gasteiger partial charge in [-0.1, -0.05) is 12.1 Å². The second kappa shape index (κ2) is 6.73. The maximum Gasteiger partial charge on any atom is 0.173 e. The summed E-state index contributed by atoms with van der Waals surface area (Å²) >= 11 is 5.40. The van der Waals surface area contributed by atoms with E-state index in [9.17, 15) is 5.11 Å². The van der Waals surface area contributed by atoms with Gasteiger partial charge in [0.25, 0.3) is 0 Å². The van der Waals surface area contributed by atoms with E-state index in [0.717, 1.165) is 30.8 Å². The summed E-state index contributed by atoms with van der Waals surface area (Å²) in [6.07, 6.45) is 1.54. The van der Waals surface area contributed by atoms with Gasteiger partial charge in [0.15, 0.2) is 5.11 Å². The molecular weight excluding hydrogens is 260 g/mol. The fourth-order valence-corrected chi connectivity index (χ4v) is 2.46. The number of para-hydroxylation sites is 2. The fraction of sp³-hybridized carbons (Fsp3) is 0.500. The van der Waals surface area contributed by atoms with Crippen molar-refractivity contribution in [2.24, 2.45) is 0 Å². The molecule has 1 heterocycles. The van der Waals surface area contributed by atoms with E-state index in [4.69, 9.17) is 17.0 Å². The summed E-state index contributed by atoms with van der Waals surface area (Å²) in [7, 11) is 0. The summed E-state index contributed by atoms with van der Waals surface area (Å²) in [5, 5.41) is 13.5. The first kappa shape index (κ1) is 14.1. The lowest BCUT2D eigenvalue weighted by Gasteiger charge is -2.32. The molecule has 0 radical (unpaired) electrons. The molecule has 4 nitrogen and oxygen atoms in total. The number of hydrogen-bond acceptors (Lipinski definition) is 3. The number of piperidine rings is 1. The average Bonchev–Trinajstić information content (AvgIpc) is 2.41. The highest BCUT2D eigenvalue weighted by atomic mass is 32.1. The standard InChI is InChI=1S/C14H20N2O2S/c1-2-18-13-8-4-3-7-12(13)15-14(19)16-9-5-6-11(17)10-16/h3-4,7-8,11,17H,2,5-6,9-10H2,1H3,(H,15,19). The van der Waals surface area contributed by atoms with Crippen molar-refractivity contribution >= 4 is 23.0 Å². The highest BCUT2D eigenvalue weighted by Gasteiger charge is 2.20. The molecule has 1 atom stereocenters. The Hall–Kier alpha value is -1.33. The van der Waals surface area contributed by atoms with Crippen LogP contribution < -0.4 is 10.1 Å². The molecule has 2 N–H and O–H groups in total. The van der Waals surface area contributed by atoms with Crippen LogP contribution in [0.4, 0.5) is 5.69 Å². The van der Waals surface area contributed by atoms with Gasteiger partial charge in [-0.25, -0.2) is 0 Å². The number of β-amino-alcohol motifs (C(OH)–C–C–N with tert-alkyl or cyclic N) is 1. The van der Waals surface area contributed by atoms with Crippen molar-refractivity contribution in [1.29, 1.82) is 0 Å². The van der Waals surface area contributed by atoms with Crippen molar-refractivity contribution in [2.45, 2.75) is 25.9 Å². The third kappa shape index (κ3) is 3.81. The molecule has 0 amide bonds. The number of ether oxygens (including phenoxy) is 1. The van der Waals surface area contributed by atoms with Crippen LogP contribution >= 0.6 is 12.2 Å². The minimum Gasteiger partial charge on any atom is -0.492 e. The maximum absolute atomic E-state index is 9.68. The first-order valence-electron chi connectivity index (χ1n) is 6.66. The molecule has 0 bridgehead atoms. The van der Waals surface area contributed by atoms with Gasteiger partial charge in [0.1, 0.15) is 5.75 Å². The first-order chi connectivity index (χ1) is 9.20. The Morgan fingerprint density at radius 3 is 3.05 bits per heavy atom. The monoisotopic (exact) mass is 280 g/mol. The maximum atomic E-state index is 9.68. The molecule has 1 aromatic carbocycles. The lowest BCUT2D eigenvalue weighted by molar-refractivity contribution is 0.104. The number of nitrogens with zero attached hydrogens (tertiary/aromatic N) is 1. The molecule has 2 rings (SSSR count). The van der Waals surface area contributed by atoms with Crippen molar-refractivity contribution in [1.82, 2.24) is 4.90 Å². The summed E-state index contributed by atoms with van der Waals surface area (Å²) in [6.45, 7) is 4.06. The van der Waals surface area contributed by atoms with Crippen LogP contribution in [-0.4, -0.2) is 40.9 Å². The van der Waals surface area contributed by atoms with E-state index >= 15 is 0 Å². The third-order valence-electron chi connectivity index (χ3n) is 3.11. The summed E-state index contributed by atoms with van der Waals surface area (Å²) in [5.74, 6) is 0.796. The number of aliphatic hydroxyl groups is 1. The van der Waals surface area contributed by atoms with Crippen LogP contribution in [0.15, 0.2) is 24.3 Å². The van der Waals surface area contributed by atoms with Gasteiger partial charge in [-0.05, 0) is 44.1 Å². The minimum atomic E-state index is -0.282. The molecular formula is C14H20N2O2S. The van der Waals surface area contributed by atoms with Crippen LogP contribution in [0.5, 0.6) is 5.75 Å². The fourth-order valence-electron chi connectivity index (χ4n) is 2.18. The Balaban J connectivity index is 2.02. The number of nitrogens with one attached hydrogen (secondary N) is 1. The molecule has 0 spiro atoms. The van der Waals surface area contributed by atoms with Crippen LogP contribution in [-0.2, 0) is 0 Å². The van der Waals surface area contributed by atoms with Crippen molar-refractivity contribution < 1.29 is 9.84 Å². The van der Waals surface area contributed by atoms with Gasteiger partial charge >= 0.3 is 0 Å². The van der Waals surface area contributed by atoms with E-state index in [1.54, 1.807) is 0 Å². The largest absolute Gasteiger partial charge is 0.492 e. The lowest BCUT2D eigenvalue weighted by Crippen LogP contribution is -2.44. The smallest absolute Gasteiger partial charge is 0.173 e. The van der Waals surface area contributed by atoms with E-state index in [2.05, 4.69) is 5.32 Å². The molecule has 1 aliphatic rings. The summed E-state index contributed by atoms with van der Waals surface area (Å²) in [4.78, 5) is 2.01. The van der Waals surface area contributed by atoms with Gasteiger partial charge in [0.05, 0.1) is 18.4 Å². The molecule has 1 aliphatic heterocycles. The van der Waals surface area contributed by atoms with Crippen molar-refractivity contribution in [2.75, 3.05) is 25.0 Å². The van der Waals surface area contributed by atoms with Crippen LogP contribution in [0.1, 0.15) is 19.8 Å². The molecule has 0 aromatic heterocycles. The first-order valence-corrected chi connectivity index (χ1v) is 7.07. The number of hydrogen-bond donors (Lipinski definition) is 2. The van der Waals surface area contributed by atoms with Gasteiger partial charge in [0, 0.05) is 13.1 Å². The normalized spacial score (nSPS) is 19.1. The number of anilines is 1. The quantitative estimate of drug-likeness (QED) is 0.831. The zero-order valence-electron chi connectivity index (χ0n) is 11.1. The Labute approximate surface area is 119 Å². The Morgan fingerprint density at radius 1 is 1.53 bits per heavy atom. The number of likely N-dealkylation sites (tertiary alicyclic amines) is 1. The van der Waals surface area contributed by atoms with E-state index in [1.165, 1.54) is 0 Å². The SMILES string of the molecule is CCOc1ccccc1NC(=S)N1CCCC(O)C1. The Morgan fingerprint density at radius 2 is 2.32 bits per heavy atom. The van der Waals surface area contributed by atoms with Crippen molar-refractivity contribution in [3.63, 3.8) is 0 Å². The van der Waals surface area contributed by atoms with Crippen LogP contribution in [0.2, 0.25) is 0 Å². The highest BCUT2D eigenvalue weighted by molar-refractivity contribution is 7.80. The molecule has 1 saturated heterocycles. The minimum absolute atomic E-state index is 0.282. The van der Waals surface area contributed by atoms with Gasteiger partial charge in [0.2, 0.25) is 0 Å². The van der Waals surface area contributed by atoms with E-state index in [-0.39, 0.29) is 6.10 Å².